The average Bonchev–Trinajstić information content (AvgIpc) is 2.78. The van der Waals surface area contributed by atoms with E-state index in [0.29, 0.717) is 22.3 Å². The van der Waals surface area contributed by atoms with Crippen molar-refractivity contribution in [3.05, 3.63) is 27.7 Å². The van der Waals surface area contributed by atoms with E-state index in [4.69, 9.17) is 10.5 Å². The predicted octanol–water partition coefficient (Wildman–Crippen LogP) is 3.43. The molecule has 1 fully saturated rings. The second-order valence-electron chi connectivity index (χ2n) is 5.37. The van der Waals surface area contributed by atoms with Crippen molar-refractivity contribution in [1.29, 1.82) is 0 Å². The second-order valence-corrected chi connectivity index (χ2v) is 6.23. The van der Waals surface area contributed by atoms with Crippen molar-refractivity contribution >= 4 is 15.9 Å². The molecule has 1 aromatic rings. The lowest BCUT2D eigenvalue weighted by molar-refractivity contribution is -0.137. The summed E-state index contributed by atoms with van der Waals surface area (Å²) in [5, 5.41) is 0. The predicted molar refractivity (Wildman–Crippen MR) is 78.2 cm³/mol. The van der Waals surface area contributed by atoms with Gasteiger partial charge in [-0.15, -0.1) is 0 Å². The lowest BCUT2D eigenvalue weighted by atomic mass is 9.97. The van der Waals surface area contributed by atoms with E-state index in [1.54, 1.807) is 0 Å². The number of halogens is 4. The van der Waals surface area contributed by atoms with Gasteiger partial charge in [0.05, 0.1) is 17.1 Å². The molecule has 3 nitrogen and oxygen atoms in total. The number of likely N-dealkylation sites (tertiary alicyclic amines) is 1. The Morgan fingerprint density at radius 3 is 2.57 bits per heavy atom. The number of benzene rings is 1. The molecular formula is C14H18BrF3N2O. The molecule has 0 aliphatic carbocycles. The van der Waals surface area contributed by atoms with Crippen LogP contribution in [0.1, 0.15) is 23.6 Å². The van der Waals surface area contributed by atoms with Gasteiger partial charge in [-0.25, -0.2) is 0 Å². The van der Waals surface area contributed by atoms with Crippen molar-refractivity contribution in [3.63, 3.8) is 0 Å². The summed E-state index contributed by atoms with van der Waals surface area (Å²) in [4.78, 5) is 2.03. The van der Waals surface area contributed by atoms with E-state index in [9.17, 15) is 13.2 Å². The van der Waals surface area contributed by atoms with Crippen LogP contribution < -0.4 is 10.5 Å². The van der Waals surface area contributed by atoms with Crippen molar-refractivity contribution in [1.82, 2.24) is 4.90 Å². The highest BCUT2D eigenvalue weighted by molar-refractivity contribution is 9.10. The number of ether oxygens (including phenoxy) is 1. The molecule has 0 spiro atoms. The Kier molecular flexibility index (Phi) is 4.85. The van der Waals surface area contributed by atoms with Gasteiger partial charge in [0.15, 0.2) is 0 Å². The maximum absolute atomic E-state index is 13.0. The van der Waals surface area contributed by atoms with Crippen LogP contribution in [0.25, 0.3) is 0 Å². The van der Waals surface area contributed by atoms with Gasteiger partial charge in [-0.1, -0.05) is 0 Å². The zero-order chi connectivity index (χ0) is 15.8. The van der Waals surface area contributed by atoms with Crippen molar-refractivity contribution < 1.29 is 17.9 Å². The fourth-order valence-electron chi connectivity index (χ4n) is 2.88. The van der Waals surface area contributed by atoms with Gasteiger partial charge in [-0.05, 0) is 54.0 Å². The fraction of sp³-hybridized carbons (Fsp3) is 0.571. The average molecular weight is 367 g/mol. The quantitative estimate of drug-likeness (QED) is 0.890. The first-order valence-electron chi connectivity index (χ1n) is 6.62. The molecule has 1 aliphatic heterocycles. The number of nitrogens with two attached hydrogens (primary N) is 1. The van der Waals surface area contributed by atoms with Crippen molar-refractivity contribution in [2.75, 3.05) is 27.2 Å². The Hall–Kier alpha value is -0.790. The fourth-order valence-corrected chi connectivity index (χ4v) is 3.52. The molecule has 0 saturated carbocycles. The van der Waals surface area contributed by atoms with Gasteiger partial charge in [0.25, 0.3) is 0 Å². The zero-order valence-electron chi connectivity index (χ0n) is 11.9. The summed E-state index contributed by atoms with van der Waals surface area (Å²) in [6.07, 6.45) is -3.65. The summed E-state index contributed by atoms with van der Waals surface area (Å²) < 4.78 is 44.7. The van der Waals surface area contributed by atoms with Crippen LogP contribution in [0.3, 0.4) is 0 Å². The molecule has 118 valence electrons. The number of nitrogens with zero attached hydrogens (tertiary/aromatic N) is 1. The molecule has 21 heavy (non-hydrogen) atoms. The molecule has 0 aromatic heterocycles. The maximum atomic E-state index is 13.0. The van der Waals surface area contributed by atoms with Crippen LogP contribution in [0.5, 0.6) is 5.75 Å². The van der Waals surface area contributed by atoms with Gasteiger partial charge in [0.2, 0.25) is 0 Å². The summed E-state index contributed by atoms with van der Waals surface area (Å²) in [7, 11) is 3.36. The highest BCUT2D eigenvalue weighted by Gasteiger charge is 2.36. The lowest BCUT2D eigenvalue weighted by Crippen LogP contribution is -2.21. The standard InChI is InChI=1S/C14H18BrF3N2O/c1-20-7-8(6-19)3-12(20)10-4-9(14(16,17)18)5-11(15)13(10)21-2/h4-5,8,12H,3,6-7,19H2,1-2H3. The van der Waals surface area contributed by atoms with E-state index in [-0.39, 0.29) is 12.0 Å². The maximum Gasteiger partial charge on any atom is 0.416 e. The van der Waals surface area contributed by atoms with Gasteiger partial charge in [0.1, 0.15) is 5.75 Å². The Morgan fingerprint density at radius 1 is 1.43 bits per heavy atom. The van der Waals surface area contributed by atoms with Gasteiger partial charge in [0, 0.05) is 18.2 Å². The molecular weight excluding hydrogens is 349 g/mol. The van der Waals surface area contributed by atoms with E-state index >= 15 is 0 Å². The normalized spacial score (nSPS) is 23.6. The highest BCUT2D eigenvalue weighted by Crippen LogP contribution is 2.44. The second kappa shape index (κ2) is 6.14. The largest absolute Gasteiger partial charge is 0.495 e. The SMILES string of the molecule is COc1c(Br)cc(C(F)(F)F)cc1C1CC(CN)CN1C. The minimum atomic E-state index is -4.38. The van der Waals surface area contributed by atoms with Gasteiger partial charge in [-0.3, -0.25) is 4.90 Å². The number of hydrogen-bond acceptors (Lipinski definition) is 3. The van der Waals surface area contributed by atoms with Crippen LogP contribution in [-0.4, -0.2) is 32.1 Å². The van der Waals surface area contributed by atoms with Gasteiger partial charge in [-0.2, -0.15) is 13.2 Å². The Morgan fingerprint density at radius 2 is 2.10 bits per heavy atom. The molecule has 2 N–H and O–H groups in total. The van der Waals surface area contributed by atoms with Gasteiger partial charge >= 0.3 is 6.18 Å². The molecule has 2 rings (SSSR count). The first kappa shape index (κ1) is 16.6. The Labute approximate surface area is 130 Å². The molecule has 0 bridgehead atoms. The number of hydrogen-bond donors (Lipinski definition) is 1. The summed E-state index contributed by atoms with van der Waals surface area (Å²) in [6.45, 7) is 1.31. The summed E-state index contributed by atoms with van der Waals surface area (Å²) in [6, 6.07) is 2.12. The van der Waals surface area contributed by atoms with Crippen LogP contribution in [0, 0.1) is 5.92 Å². The first-order valence-corrected chi connectivity index (χ1v) is 7.42. The number of alkyl halides is 3. The molecule has 2 atom stereocenters. The minimum Gasteiger partial charge on any atom is -0.495 e. The third-order valence-electron chi connectivity index (χ3n) is 3.93. The smallest absolute Gasteiger partial charge is 0.416 e. The Bertz CT molecular complexity index is 522. The van der Waals surface area contributed by atoms with Crippen molar-refractivity contribution in [2.24, 2.45) is 11.7 Å². The van der Waals surface area contributed by atoms with Crippen LogP contribution in [0.15, 0.2) is 16.6 Å². The molecule has 1 aromatic carbocycles. The van der Waals surface area contributed by atoms with Crippen molar-refractivity contribution in [3.8, 4) is 5.75 Å². The molecule has 1 saturated heterocycles. The van der Waals surface area contributed by atoms with E-state index in [1.165, 1.54) is 13.2 Å². The van der Waals surface area contributed by atoms with Crippen LogP contribution >= 0.6 is 15.9 Å². The van der Waals surface area contributed by atoms with Crippen LogP contribution in [0.4, 0.5) is 13.2 Å². The van der Waals surface area contributed by atoms with E-state index < -0.39 is 11.7 Å². The number of rotatable bonds is 3. The Balaban J connectivity index is 2.48. The first-order chi connectivity index (χ1) is 9.77. The molecule has 1 aliphatic rings. The lowest BCUT2D eigenvalue weighted by Gasteiger charge is -2.24. The summed E-state index contributed by atoms with van der Waals surface area (Å²) in [5.74, 6) is 0.746. The molecule has 0 radical (unpaired) electrons. The molecule has 2 unspecified atom stereocenters. The van der Waals surface area contributed by atoms with Crippen LogP contribution in [0.2, 0.25) is 0 Å². The van der Waals surface area contributed by atoms with Crippen molar-refractivity contribution in [2.45, 2.75) is 18.6 Å². The molecule has 1 heterocycles. The third-order valence-corrected chi connectivity index (χ3v) is 4.52. The van der Waals surface area contributed by atoms with Crippen LogP contribution in [-0.2, 0) is 6.18 Å². The zero-order valence-corrected chi connectivity index (χ0v) is 13.5. The van der Waals surface area contributed by atoms with E-state index in [1.807, 2.05) is 11.9 Å². The van der Waals surface area contributed by atoms with E-state index in [0.717, 1.165) is 19.0 Å². The number of methoxy groups -OCH3 is 1. The summed E-state index contributed by atoms with van der Waals surface area (Å²) in [5.41, 5.74) is 5.57. The molecule has 7 heteroatoms. The summed E-state index contributed by atoms with van der Waals surface area (Å²) >= 11 is 3.18. The minimum absolute atomic E-state index is 0.118. The van der Waals surface area contributed by atoms with E-state index in [2.05, 4.69) is 15.9 Å². The molecule has 0 amide bonds. The monoisotopic (exact) mass is 366 g/mol. The topological polar surface area (TPSA) is 38.5 Å². The van der Waals surface area contributed by atoms with Gasteiger partial charge < -0.3 is 10.5 Å². The highest BCUT2D eigenvalue weighted by atomic mass is 79.9. The third kappa shape index (κ3) is 3.35.